The number of nitrogens with one attached hydrogen (secondary N) is 1. The molecule has 0 aliphatic carbocycles. The summed E-state index contributed by atoms with van der Waals surface area (Å²) in [6.45, 7) is 0.424. The van der Waals surface area contributed by atoms with E-state index in [1.165, 1.54) is 0 Å². The SMILES string of the molecule is N=C(N)c1ccc2cc(C(=O)O)n(Cc3cccc4ccccc34)c2c1. The lowest BCUT2D eigenvalue weighted by Gasteiger charge is -2.12. The highest BCUT2D eigenvalue weighted by Gasteiger charge is 2.16. The third-order valence-electron chi connectivity index (χ3n) is 4.64. The maximum absolute atomic E-state index is 11.8. The lowest BCUT2D eigenvalue weighted by molar-refractivity contribution is 0.0686. The third-order valence-corrected chi connectivity index (χ3v) is 4.64. The highest BCUT2D eigenvalue weighted by Crippen LogP contribution is 2.26. The van der Waals surface area contributed by atoms with E-state index in [0.717, 1.165) is 27.2 Å². The number of carboxylic acid groups (broad SMARTS) is 1. The second-order valence-corrected chi connectivity index (χ2v) is 6.25. The van der Waals surface area contributed by atoms with Crippen LogP contribution in [-0.2, 0) is 6.54 Å². The number of nitrogens with zero attached hydrogens (tertiary/aromatic N) is 1. The van der Waals surface area contributed by atoms with Gasteiger partial charge in [0.15, 0.2) is 0 Å². The molecule has 3 aromatic carbocycles. The largest absolute Gasteiger partial charge is 0.477 e. The molecule has 4 N–H and O–H groups in total. The molecule has 5 heteroatoms. The van der Waals surface area contributed by atoms with Crippen LogP contribution in [0.15, 0.2) is 66.7 Å². The van der Waals surface area contributed by atoms with Crippen LogP contribution in [0.2, 0.25) is 0 Å². The minimum Gasteiger partial charge on any atom is -0.477 e. The van der Waals surface area contributed by atoms with Crippen molar-refractivity contribution in [3.8, 4) is 0 Å². The molecule has 0 atom stereocenters. The monoisotopic (exact) mass is 343 g/mol. The maximum atomic E-state index is 11.8. The first kappa shape index (κ1) is 15.9. The van der Waals surface area contributed by atoms with Crippen molar-refractivity contribution in [2.45, 2.75) is 6.54 Å². The summed E-state index contributed by atoms with van der Waals surface area (Å²) in [5, 5.41) is 20.3. The van der Waals surface area contributed by atoms with Crippen molar-refractivity contribution in [1.29, 1.82) is 5.41 Å². The van der Waals surface area contributed by atoms with Crippen molar-refractivity contribution < 1.29 is 9.90 Å². The predicted molar refractivity (Wildman–Crippen MR) is 103 cm³/mol. The summed E-state index contributed by atoms with van der Waals surface area (Å²) in [5.41, 5.74) is 8.19. The topological polar surface area (TPSA) is 92.1 Å². The molecule has 128 valence electrons. The van der Waals surface area contributed by atoms with Crippen molar-refractivity contribution in [3.63, 3.8) is 0 Å². The molecule has 0 fully saturated rings. The predicted octanol–water partition coefficient (Wildman–Crippen LogP) is 3.83. The van der Waals surface area contributed by atoms with Crippen molar-refractivity contribution in [3.05, 3.63) is 83.6 Å². The van der Waals surface area contributed by atoms with Gasteiger partial charge in [0.2, 0.25) is 0 Å². The van der Waals surface area contributed by atoms with Gasteiger partial charge in [-0.1, -0.05) is 54.6 Å². The van der Waals surface area contributed by atoms with Crippen LogP contribution in [-0.4, -0.2) is 21.5 Å². The first-order valence-electron chi connectivity index (χ1n) is 8.22. The van der Waals surface area contributed by atoms with Gasteiger partial charge in [-0.2, -0.15) is 0 Å². The maximum Gasteiger partial charge on any atom is 0.352 e. The average Bonchev–Trinajstić information content (AvgIpc) is 3.00. The van der Waals surface area contributed by atoms with Gasteiger partial charge >= 0.3 is 5.97 Å². The van der Waals surface area contributed by atoms with Crippen LogP contribution in [0.1, 0.15) is 21.6 Å². The van der Waals surface area contributed by atoms with Crippen LogP contribution in [0.25, 0.3) is 21.7 Å². The molecule has 0 amide bonds. The third kappa shape index (κ3) is 2.59. The van der Waals surface area contributed by atoms with E-state index in [-0.39, 0.29) is 11.5 Å². The highest BCUT2D eigenvalue weighted by atomic mass is 16.4. The molecule has 1 aromatic heterocycles. The molecule has 0 radical (unpaired) electrons. The second-order valence-electron chi connectivity index (χ2n) is 6.25. The van der Waals surface area contributed by atoms with Crippen LogP contribution in [0.4, 0.5) is 0 Å². The van der Waals surface area contributed by atoms with Crippen molar-refractivity contribution in [1.82, 2.24) is 4.57 Å². The number of fused-ring (bicyclic) bond motifs is 2. The number of aromatic carboxylic acids is 1. The molecule has 26 heavy (non-hydrogen) atoms. The van der Waals surface area contributed by atoms with Gasteiger partial charge in [0.25, 0.3) is 0 Å². The summed E-state index contributed by atoms with van der Waals surface area (Å²) < 4.78 is 1.77. The van der Waals surface area contributed by atoms with E-state index >= 15 is 0 Å². The summed E-state index contributed by atoms with van der Waals surface area (Å²) in [7, 11) is 0. The average molecular weight is 343 g/mol. The van der Waals surface area contributed by atoms with Crippen LogP contribution in [0.5, 0.6) is 0 Å². The number of rotatable bonds is 4. The number of nitrogen functional groups attached to an aromatic ring is 1. The Hall–Kier alpha value is -3.60. The molecule has 0 bridgehead atoms. The summed E-state index contributed by atoms with van der Waals surface area (Å²) in [6, 6.07) is 21.0. The van der Waals surface area contributed by atoms with E-state index < -0.39 is 5.97 Å². The van der Waals surface area contributed by atoms with Gasteiger partial charge in [0, 0.05) is 23.0 Å². The van der Waals surface area contributed by atoms with Crippen molar-refractivity contribution >= 4 is 33.5 Å². The number of carboxylic acids is 1. The first-order valence-corrected chi connectivity index (χ1v) is 8.22. The van der Waals surface area contributed by atoms with E-state index in [2.05, 4.69) is 0 Å². The quantitative estimate of drug-likeness (QED) is 0.388. The fourth-order valence-electron chi connectivity index (χ4n) is 3.37. The lowest BCUT2D eigenvalue weighted by atomic mass is 10.0. The van der Waals surface area contributed by atoms with E-state index in [0.29, 0.717) is 12.1 Å². The highest BCUT2D eigenvalue weighted by molar-refractivity contribution is 6.01. The fraction of sp³-hybridized carbons (Fsp3) is 0.0476. The van der Waals surface area contributed by atoms with E-state index in [1.54, 1.807) is 28.8 Å². The molecule has 0 aliphatic rings. The van der Waals surface area contributed by atoms with Crippen molar-refractivity contribution in [2.24, 2.45) is 5.73 Å². The number of amidine groups is 1. The van der Waals surface area contributed by atoms with E-state index in [1.807, 2.05) is 42.5 Å². The zero-order valence-corrected chi connectivity index (χ0v) is 13.9. The van der Waals surface area contributed by atoms with Gasteiger partial charge in [-0.25, -0.2) is 4.79 Å². The minimum atomic E-state index is -0.981. The molecule has 0 aliphatic heterocycles. The van der Waals surface area contributed by atoms with Gasteiger partial charge in [-0.3, -0.25) is 5.41 Å². The molecule has 0 unspecified atom stereocenters. The second kappa shape index (κ2) is 6.04. The molecular weight excluding hydrogens is 326 g/mol. The number of nitrogens with two attached hydrogens (primary N) is 1. The number of aromatic nitrogens is 1. The Morgan fingerprint density at radius 2 is 1.77 bits per heavy atom. The molecule has 4 aromatic rings. The number of hydrogen-bond donors (Lipinski definition) is 3. The van der Waals surface area contributed by atoms with Gasteiger partial charge < -0.3 is 15.4 Å². The summed E-state index contributed by atoms with van der Waals surface area (Å²) in [4.78, 5) is 11.8. The van der Waals surface area contributed by atoms with Crippen LogP contribution in [0.3, 0.4) is 0 Å². The summed E-state index contributed by atoms with van der Waals surface area (Å²) in [6.07, 6.45) is 0. The molecule has 5 nitrogen and oxygen atoms in total. The van der Waals surface area contributed by atoms with Crippen LogP contribution >= 0.6 is 0 Å². The smallest absolute Gasteiger partial charge is 0.352 e. The molecule has 0 saturated heterocycles. The summed E-state index contributed by atoms with van der Waals surface area (Å²) in [5.74, 6) is -1.02. The van der Waals surface area contributed by atoms with Gasteiger partial charge in [0.05, 0.1) is 0 Å². The Balaban J connectivity index is 1.94. The number of hydrogen-bond acceptors (Lipinski definition) is 2. The minimum absolute atomic E-state index is 0.0401. The fourth-order valence-corrected chi connectivity index (χ4v) is 3.37. The standard InChI is InChI=1S/C21H17N3O2/c22-20(23)15-9-8-14-10-19(21(25)26)24(18(14)11-15)12-16-6-3-5-13-4-1-2-7-17(13)16/h1-11H,12H2,(H3,22,23)(H,25,26). The number of carbonyl (C=O) groups is 1. The molecule has 0 spiro atoms. The Kier molecular flexibility index (Phi) is 3.69. The van der Waals surface area contributed by atoms with Gasteiger partial charge in [0.1, 0.15) is 11.5 Å². The van der Waals surface area contributed by atoms with Crippen molar-refractivity contribution in [2.75, 3.05) is 0 Å². The zero-order chi connectivity index (χ0) is 18.3. The normalized spacial score (nSPS) is 11.1. The Morgan fingerprint density at radius 3 is 2.54 bits per heavy atom. The molecule has 4 rings (SSSR count). The molecular formula is C21H17N3O2. The van der Waals surface area contributed by atoms with E-state index in [9.17, 15) is 9.90 Å². The lowest BCUT2D eigenvalue weighted by Crippen LogP contribution is -2.12. The Bertz CT molecular complexity index is 1170. The van der Waals surface area contributed by atoms with Crippen LogP contribution in [0, 0.1) is 5.41 Å². The van der Waals surface area contributed by atoms with Gasteiger partial charge in [-0.05, 0) is 28.5 Å². The number of benzene rings is 3. The first-order chi connectivity index (χ1) is 12.5. The Morgan fingerprint density at radius 1 is 1.00 bits per heavy atom. The van der Waals surface area contributed by atoms with Gasteiger partial charge in [-0.15, -0.1) is 0 Å². The summed E-state index contributed by atoms with van der Waals surface area (Å²) >= 11 is 0. The molecule has 1 heterocycles. The molecule has 0 saturated carbocycles. The van der Waals surface area contributed by atoms with Crippen LogP contribution < -0.4 is 5.73 Å². The Labute approximate surface area is 149 Å². The van der Waals surface area contributed by atoms with E-state index in [4.69, 9.17) is 11.1 Å². The zero-order valence-electron chi connectivity index (χ0n) is 13.9.